The van der Waals surface area contributed by atoms with E-state index in [4.69, 9.17) is 21.0 Å². The number of carbonyl (C=O) groups is 1. The SMILES string of the molecule is O=C(NCCc1nc2ccccc2n1Cc1ccc(Cl)cc1)c1ccco1. The van der Waals surface area contributed by atoms with Crippen LogP contribution in [0.15, 0.2) is 71.3 Å². The normalized spacial score (nSPS) is 11.0. The second kappa shape index (κ2) is 7.68. The van der Waals surface area contributed by atoms with Gasteiger partial charge in [-0.15, -0.1) is 0 Å². The van der Waals surface area contributed by atoms with Crippen molar-refractivity contribution in [1.82, 2.24) is 14.9 Å². The molecular formula is C21H18ClN3O2. The molecule has 0 aliphatic heterocycles. The van der Waals surface area contributed by atoms with E-state index in [0.717, 1.165) is 27.4 Å². The van der Waals surface area contributed by atoms with Gasteiger partial charge < -0.3 is 14.3 Å². The Morgan fingerprint density at radius 3 is 2.67 bits per heavy atom. The number of benzene rings is 2. The number of furan rings is 1. The molecular weight excluding hydrogens is 362 g/mol. The van der Waals surface area contributed by atoms with Gasteiger partial charge in [-0.05, 0) is 42.0 Å². The highest BCUT2D eigenvalue weighted by Crippen LogP contribution is 2.19. The number of nitrogens with zero attached hydrogens (tertiary/aromatic N) is 2. The molecule has 0 fully saturated rings. The first-order valence-corrected chi connectivity index (χ1v) is 9.09. The van der Waals surface area contributed by atoms with Crippen LogP contribution in [0.5, 0.6) is 0 Å². The van der Waals surface area contributed by atoms with Crippen molar-refractivity contribution in [3.8, 4) is 0 Å². The molecule has 0 bridgehead atoms. The van der Waals surface area contributed by atoms with E-state index in [1.165, 1.54) is 6.26 Å². The number of carbonyl (C=O) groups excluding carboxylic acids is 1. The molecule has 0 unspecified atom stereocenters. The Balaban J connectivity index is 1.54. The molecule has 27 heavy (non-hydrogen) atoms. The van der Waals surface area contributed by atoms with Gasteiger partial charge in [-0.25, -0.2) is 4.98 Å². The van der Waals surface area contributed by atoms with Crippen molar-refractivity contribution in [3.05, 3.63) is 89.1 Å². The largest absolute Gasteiger partial charge is 0.459 e. The number of para-hydroxylation sites is 2. The number of imidazole rings is 1. The fraction of sp³-hybridized carbons (Fsp3) is 0.143. The molecule has 0 saturated heterocycles. The number of hydrogen-bond donors (Lipinski definition) is 1. The number of halogens is 1. The Hall–Kier alpha value is -3.05. The van der Waals surface area contributed by atoms with E-state index < -0.39 is 0 Å². The Bertz CT molecular complexity index is 1050. The van der Waals surface area contributed by atoms with Gasteiger partial charge in [-0.1, -0.05) is 35.9 Å². The highest BCUT2D eigenvalue weighted by atomic mass is 35.5. The predicted molar refractivity (Wildman–Crippen MR) is 105 cm³/mol. The lowest BCUT2D eigenvalue weighted by atomic mass is 10.2. The van der Waals surface area contributed by atoms with Crippen molar-refractivity contribution in [2.24, 2.45) is 0 Å². The van der Waals surface area contributed by atoms with Gasteiger partial charge in [-0.3, -0.25) is 4.79 Å². The monoisotopic (exact) mass is 379 g/mol. The average Bonchev–Trinajstić information content (AvgIpc) is 3.33. The summed E-state index contributed by atoms with van der Waals surface area (Å²) in [7, 11) is 0. The van der Waals surface area contributed by atoms with E-state index in [0.29, 0.717) is 25.3 Å². The van der Waals surface area contributed by atoms with Gasteiger partial charge in [0.05, 0.1) is 17.3 Å². The second-order valence-electron chi connectivity index (χ2n) is 6.21. The quantitative estimate of drug-likeness (QED) is 0.543. The van der Waals surface area contributed by atoms with Gasteiger partial charge in [-0.2, -0.15) is 0 Å². The molecule has 6 heteroatoms. The highest BCUT2D eigenvalue weighted by Gasteiger charge is 2.12. The number of fused-ring (bicyclic) bond motifs is 1. The third-order valence-electron chi connectivity index (χ3n) is 4.37. The molecule has 0 atom stereocenters. The van der Waals surface area contributed by atoms with Crippen LogP contribution in [-0.4, -0.2) is 22.0 Å². The summed E-state index contributed by atoms with van der Waals surface area (Å²) >= 11 is 5.99. The maximum atomic E-state index is 12.0. The van der Waals surface area contributed by atoms with Crippen LogP contribution in [0.3, 0.4) is 0 Å². The Kier molecular flexibility index (Phi) is 4.94. The number of nitrogens with one attached hydrogen (secondary N) is 1. The van der Waals surface area contributed by atoms with Gasteiger partial charge >= 0.3 is 0 Å². The molecule has 4 aromatic rings. The van der Waals surface area contributed by atoms with Crippen molar-refractivity contribution >= 4 is 28.5 Å². The molecule has 0 spiro atoms. The molecule has 2 heterocycles. The van der Waals surface area contributed by atoms with Gasteiger partial charge in [0.15, 0.2) is 5.76 Å². The molecule has 0 radical (unpaired) electrons. The van der Waals surface area contributed by atoms with E-state index >= 15 is 0 Å². The number of hydrogen-bond acceptors (Lipinski definition) is 3. The molecule has 1 N–H and O–H groups in total. The first-order chi connectivity index (χ1) is 13.2. The van der Waals surface area contributed by atoms with E-state index in [-0.39, 0.29) is 5.91 Å². The standard InChI is InChI=1S/C21H18ClN3O2/c22-16-9-7-15(8-10-16)14-25-18-5-2-1-4-17(18)24-20(25)11-12-23-21(26)19-6-3-13-27-19/h1-10,13H,11-12,14H2,(H,23,26). The van der Waals surface area contributed by atoms with E-state index in [9.17, 15) is 4.79 Å². The predicted octanol–water partition coefficient (Wildman–Crippen LogP) is 4.30. The Labute approximate surface area is 161 Å². The van der Waals surface area contributed by atoms with Crippen LogP contribution in [0.25, 0.3) is 11.0 Å². The van der Waals surface area contributed by atoms with Crippen molar-refractivity contribution in [2.45, 2.75) is 13.0 Å². The summed E-state index contributed by atoms with van der Waals surface area (Å²) in [5.74, 6) is 1.01. The molecule has 2 aromatic carbocycles. The zero-order valence-corrected chi connectivity index (χ0v) is 15.3. The zero-order valence-electron chi connectivity index (χ0n) is 14.6. The lowest BCUT2D eigenvalue weighted by Gasteiger charge is -2.10. The van der Waals surface area contributed by atoms with Gasteiger partial charge in [0.2, 0.25) is 0 Å². The van der Waals surface area contributed by atoms with Crippen LogP contribution >= 0.6 is 11.6 Å². The Morgan fingerprint density at radius 1 is 1.07 bits per heavy atom. The molecule has 5 nitrogen and oxygen atoms in total. The summed E-state index contributed by atoms with van der Waals surface area (Å²) in [4.78, 5) is 16.8. The summed E-state index contributed by atoms with van der Waals surface area (Å²) < 4.78 is 7.29. The molecule has 0 aliphatic rings. The highest BCUT2D eigenvalue weighted by molar-refractivity contribution is 6.30. The lowest BCUT2D eigenvalue weighted by Crippen LogP contribution is -2.26. The number of amides is 1. The molecule has 136 valence electrons. The lowest BCUT2D eigenvalue weighted by molar-refractivity contribution is 0.0926. The van der Waals surface area contributed by atoms with Crippen LogP contribution in [0.2, 0.25) is 5.02 Å². The minimum Gasteiger partial charge on any atom is -0.459 e. The van der Waals surface area contributed by atoms with Crippen molar-refractivity contribution in [1.29, 1.82) is 0 Å². The third kappa shape index (κ3) is 3.88. The summed E-state index contributed by atoms with van der Waals surface area (Å²) in [5.41, 5.74) is 3.15. The van der Waals surface area contributed by atoms with E-state index in [2.05, 4.69) is 16.0 Å². The van der Waals surface area contributed by atoms with Gasteiger partial charge in [0.1, 0.15) is 5.82 Å². The minimum absolute atomic E-state index is 0.222. The minimum atomic E-state index is -0.222. The average molecular weight is 380 g/mol. The summed E-state index contributed by atoms with van der Waals surface area (Å²) in [6.07, 6.45) is 2.11. The van der Waals surface area contributed by atoms with Crippen molar-refractivity contribution in [2.75, 3.05) is 6.54 Å². The van der Waals surface area contributed by atoms with Crippen LogP contribution in [0.4, 0.5) is 0 Å². The van der Waals surface area contributed by atoms with Crippen LogP contribution in [-0.2, 0) is 13.0 Å². The first kappa shape index (κ1) is 17.4. The summed E-state index contributed by atoms with van der Waals surface area (Å²) in [6.45, 7) is 1.17. The van der Waals surface area contributed by atoms with Crippen LogP contribution in [0, 0.1) is 0 Å². The fourth-order valence-electron chi connectivity index (χ4n) is 3.05. The molecule has 0 aliphatic carbocycles. The summed E-state index contributed by atoms with van der Waals surface area (Å²) in [6, 6.07) is 19.2. The molecule has 2 aromatic heterocycles. The van der Waals surface area contributed by atoms with Crippen LogP contribution in [0.1, 0.15) is 21.9 Å². The first-order valence-electron chi connectivity index (χ1n) is 8.71. The van der Waals surface area contributed by atoms with Crippen molar-refractivity contribution in [3.63, 3.8) is 0 Å². The third-order valence-corrected chi connectivity index (χ3v) is 4.62. The Morgan fingerprint density at radius 2 is 1.89 bits per heavy atom. The molecule has 4 rings (SSSR count). The number of aromatic nitrogens is 2. The maximum Gasteiger partial charge on any atom is 0.286 e. The summed E-state index contributed by atoms with van der Waals surface area (Å²) in [5, 5.41) is 3.59. The topological polar surface area (TPSA) is 60.1 Å². The zero-order chi connectivity index (χ0) is 18.6. The molecule has 0 saturated carbocycles. The number of rotatable bonds is 6. The van der Waals surface area contributed by atoms with Crippen molar-refractivity contribution < 1.29 is 9.21 Å². The maximum absolute atomic E-state index is 12.0. The van der Waals surface area contributed by atoms with Crippen LogP contribution < -0.4 is 5.32 Å². The van der Waals surface area contributed by atoms with E-state index in [1.54, 1.807) is 12.1 Å². The fourth-order valence-corrected chi connectivity index (χ4v) is 3.17. The van der Waals surface area contributed by atoms with Gasteiger partial charge in [0.25, 0.3) is 5.91 Å². The van der Waals surface area contributed by atoms with Gasteiger partial charge in [0, 0.05) is 24.5 Å². The molecule has 1 amide bonds. The smallest absolute Gasteiger partial charge is 0.286 e. The second-order valence-corrected chi connectivity index (χ2v) is 6.65. The van der Waals surface area contributed by atoms with E-state index in [1.807, 2.05) is 42.5 Å².